The van der Waals surface area contributed by atoms with Gasteiger partial charge in [0.2, 0.25) is 0 Å². The largest absolute Gasteiger partial charge is 0.508 e. The molecule has 1 fully saturated rings. The van der Waals surface area contributed by atoms with E-state index in [2.05, 4.69) is 25.2 Å². The number of hydrogen-bond donors (Lipinski definition) is 2. The third kappa shape index (κ3) is 3.39. The van der Waals surface area contributed by atoms with Crippen molar-refractivity contribution in [2.24, 2.45) is 5.92 Å². The third-order valence-corrected chi connectivity index (χ3v) is 4.62. The zero-order valence-corrected chi connectivity index (χ0v) is 11.4. The van der Waals surface area contributed by atoms with Crippen molar-refractivity contribution in [3.63, 3.8) is 0 Å². The van der Waals surface area contributed by atoms with E-state index in [-0.39, 0.29) is 6.04 Å². The molecule has 2 unspecified atom stereocenters. The van der Waals surface area contributed by atoms with Gasteiger partial charge in [0.05, 0.1) is 0 Å². The molecule has 1 aliphatic heterocycles. The van der Waals surface area contributed by atoms with Crippen molar-refractivity contribution < 1.29 is 5.11 Å². The van der Waals surface area contributed by atoms with Crippen LogP contribution in [-0.4, -0.2) is 23.2 Å². The molecular formula is C14H21NOS. The molecule has 3 heteroatoms. The Labute approximate surface area is 108 Å². The first kappa shape index (κ1) is 12.8. The summed E-state index contributed by atoms with van der Waals surface area (Å²) in [5.74, 6) is 3.78. The number of phenolic OH excluding ortho intramolecular Hbond substituents is 1. The minimum atomic E-state index is 0.223. The first-order valence-electron chi connectivity index (χ1n) is 6.27. The predicted octanol–water partition coefficient (Wildman–Crippen LogP) is 3.10. The monoisotopic (exact) mass is 251 g/mol. The number of hydrogen-bond acceptors (Lipinski definition) is 3. The van der Waals surface area contributed by atoms with Crippen LogP contribution in [0.2, 0.25) is 0 Å². The zero-order chi connectivity index (χ0) is 12.3. The summed E-state index contributed by atoms with van der Waals surface area (Å²) < 4.78 is 0. The summed E-state index contributed by atoms with van der Waals surface area (Å²) in [6.45, 7) is 5.24. The Morgan fingerprint density at radius 1 is 1.53 bits per heavy atom. The van der Waals surface area contributed by atoms with Gasteiger partial charge < -0.3 is 10.4 Å². The summed E-state index contributed by atoms with van der Waals surface area (Å²) in [5.41, 5.74) is 2.21. The number of aromatic hydroxyl groups is 1. The van der Waals surface area contributed by atoms with Gasteiger partial charge in [0.1, 0.15) is 5.75 Å². The van der Waals surface area contributed by atoms with Crippen molar-refractivity contribution in [2.75, 3.05) is 18.1 Å². The second kappa shape index (κ2) is 5.78. The van der Waals surface area contributed by atoms with Gasteiger partial charge in [-0.15, -0.1) is 0 Å². The van der Waals surface area contributed by atoms with Crippen molar-refractivity contribution in [1.29, 1.82) is 0 Å². The molecule has 17 heavy (non-hydrogen) atoms. The summed E-state index contributed by atoms with van der Waals surface area (Å²) in [6, 6.07) is 6.02. The average molecular weight is 251 g/mol. The minimum Gasteiger partial charge on any atom is -0.508 e. The number of rotatable bonds is 4. The Morgan fingerprint density at radius 2 is 2.35 bits per heavy atom. The molecule has 0 spiro atoms. The van der Waals surface area contributed by atoms with Crippen LogP contribution < -0.4 is 5.32 Å². The van der Waals surface area contributed by atoms with Gasteiger partial charge in [0, 0.05) is 11.6 Å². The highest BCUT2D eigenvalue weighted by molar-refractivity contribution is 7.99. The number of thioether (sulfide) groups is 1. The molecule has 0 saturated carbocycles. The lowest BCUT2D eigenvalue weighted by Gasteiger charge is -2.18. The van der Waals surface area contributed by atoms with Crippen LogP contribution >= 0.6 is 11.8 Å². The molecule has 2 N–H and O–H groups in total. The quantitative estimate of drug-likeness (QED) is 0.862. The van der Waals surface area contributed by atoms with Gasteiger partial charge in [0.25, 0.3) is 0 Å². The molecule has 1 heterocycles. The summed E-state index contributed by atoms with van der Waals surface area (Å²) in [5, 5.41) is 13.4. The summed E-state index contributed by atoms with van der Waals surface area (Å²) in [7, 11) is 0. The van der Waals surface area contributed by atoms with Gasteiger partial charge >= 0.3 is 0 Å². The zero-order valence-electron chi connectivity index (χ0n) is 10.6. The number of nitrogens with one attached hydrogen (secondary N) is 1. The molecule has 94 valence electrons. The van der Waals surface area contributed by atoms with E-state index in [0.717, 1.165) is 18.0 Å². The summed E-state index contributed by atoms with van der Waals surface area (Å²) in [6.07, 6.45) is 1.32. The first-order valence-corrected chi connectivity index (χ1v) is 7.43. The third-order valence-electron chi connectivity index (χ3n) is 3.39. The molecule has 0 radical (unpaired) electrons. The fraction of sp³-hybridized carbons (Fsp3) is 0.571. The fourth-order valence-corrected chi connectivity index (χ4v) is 3.50. The van der Waals surface area contributed by atoms with Crippen LogP contribution in [-0.2, 0) is 0 Å². The van der Waals surface area contributed by atoms with Crippen LogP contribution in [0.5, 0.6) is 5.75 Å². The van der Waals surface area contributed by atoms with E-state index in [1.165, 1.54) is 23.5 Å². The lowest BCUT2D eigenvalue weighted by Crippen LogP contribution is -2.25. The number of benzene rings is 1. The number of aryl methyl sites for hydroxylation is 1. The maximum atomic E-state index is 9.85. The topological polar surface area (TPSA) is 32.3 Å². The molecule has 1 saturated heterocycles. The van der Waals surface area contributed by atoms with Crippen molar-refractivity contribution in [3.05, 3.63) is 29.3 Å². The van der Waals surface area contributed by atoms with E-state index in [9.17, 15) is 5.11 Å². The lowest BCUT2D eigenvalue weighted by atomic mass is 10.0. The average Bonchev–Trinajstić information content (AvgIpc) is 2.82. The molecule has 0 aromatic heterocycles. The van der Waals surface area contributed by atoms with Gasteiger partial charge in [-0.05, 0) is 50.3 Å². The van der Waals surface area contributed by atoms with Crippen LogP contribution in [0, 0.1) is 12.8 Å². The smallest absolute Gasteiger partial charge is 0.120 e. The van der Waals surface area contributed by atoms with Crippen molar-refractivity contribution in [2.45, 2.75) is 26.3 Å². The minimum absolute atomic E-state index is 0.223. The van der Waals surface area contributed by atoms with Crippen molar-refractivity contribution in [1.82, 2.24) is 5.32 Å². The van der Waals surface area contributed by atoms with Crippen molar-refractivity contribution >= 4 is 11.8 Å². The van der Waals surface area contributed by atoms with Crippen LogP contribution in [0.3, 0.4) is 0 Å². The lowest BCUT2D eigenvalue weighted by molar-refractivity contribution is 0.437. The SMILES string of the molecule is Cc1ccc(O)c(C(C)NCC2CCSC2)c1. The molecule has 1 aromatic carbocycles. The van der Waals surface area contributed by atoms with E-state index in [1.54, 1.807) is 6.07 Å². The van der Waals surface area contributed by atoms with Gasteiger partial charge in [-0.3, -0.25) is 0 Å². The normalized spacial score (nSPS) is 21.6. The Morgan fingerprint density at radius 3 is 3.06 bits per heavy atom. The van der Waals surface area contributed by atoms with E-state index in [4.69, 9.17) is 0 Å². The van der Waals surface area contributed by atoms with Crippen LogP contribution in [0.15, 0.2) is 18.2 Å². The number of phenols is 1. The highest BCUT2D eigenvalue weighted by Gasteiger charge is 2.17. The fourth-order valence-electron chi connectivity index (χ4n) is 2.22. The highest BCUT2D eigenvalue weighted by Crippen LogP contribution is 2.27. The summed E-state index contributed by atoms with van der Waals surface area (Å²) >= 11 is 2.05. The maximum Gasteiger partial charge on any atom is 0.120 e. The predicted molar refractivity (Wildman–Crippen MR) is 74.7 cm³/mol. The Bertz CT molecular complexity index is 374. The second-order valence-electron chi connectivity index (χ2n) is 4.92. The van der Waals surface area contributed by atoms with Crippen LogP contribution in [0.4, 0.5) is 0 Å². The Hall–Kier alpha value is -0.670. The Kier molecular flexibility index (Phi) is 4.35. The Balaban J connectivity index is 1.93. The molecule has 2 nitrogen and oxygen atoms in total. The molecular weight excluding hydrogens is 230 g/mol. The van der Waals surface area contributed by atoms with E-state index in [0.29, 0.717) is 5.75 Å². The first-order chi connectivity index (χ1) is 8.16. The van der Waals surface area contributed by atoms with Crippen molar-refractivity contribution in [3.8, 4) is 5.75 Å². The molecule has 2 rings (SSSR count). The van der Waals surface area contributed by atoms with Crippen LogP contribution in [0.25, 0.3) is 0 Å². The molecule has 0 bridgehead atoms. The summed E-state index contributed by atoms with van der Waals surface area (Å²) in [4.78, 5) is 0. The molecule has 1 aliphatic rings. The highest BCUT2D eigenvalue weighted by atomic mass is 32.2. The molecule has 2 atom stereocenters. The second-order valence-corrected chi connectivity index (χ2v) is 6.07. The van der Waals surface area contributed by atoms with E-state index < -0.39 is 0 Å². The van der Waals surface area contributed by atoms with Gasteiger partial charge in [-0.1, -0.05) is 17.7 Å². The van der Waals surface area contributed by atoms with Gasteiger partial charge in [-0.2, -0.15) is 11.8 Å². The molecule has 0 amide bonds. The van der Waals surface area contributed by atoms with E-state index in [1.807, 2.05) is 17.8 Å². The van der Waals surface area contributed by atoms with Crippen LogP contribution in [0.1, 0.15) is 30.5 Å². The van der Waals surface area contributed by atoms with Gasteiger partial charge in [0.15, 0.2) is 0 Å². The maximum absolute atomic E-state index is 9.85. The van der Waals surface area contributed by atoms with Gasteiger partial charge in [-0.25, -0.2) is 0 Å². The van der Waals surface area contributed by atoms with E-state index >= 15 is 0 Å². The molecule has 1 aromatic rings. The molecule has 0 aliphatic carbocycles. The standard InChI is InChI=1S/C14H21NOS/c1-10-3-4-14(16)13(7-10)11(2)15-8-12-5-6-17-9-12/h3-4,7,11-12,15-16H,5-6,8-9H2,1-2H3.